The van der Waals surface area contributed by atoms with Crippen molar-refractivity contribution in [3.63, 3.8) is 0 Å². The van der Waals surface area contributed by atoms with Crippen LogP contribution in [0.25, 0.3) is 0 Å². The van der Waals surface area contributed by atoms with Crippen LogP contribution in [0.2, 0.25) is 0 Å². The van der Waals surface area contributed by atoms with Gasteiger partial charge in [0, 0.05) is 30.7 Å². The standard InChI is InChI=1S/C23H34N4O3/c1-23(2,3)22(30)27-12-5-8-17(15-27)21(29)25-18-9-4-7-16(13-18)14-26-11-6-10-19(26)20(24)28/h4,7,9,13,17,19H,5-6,8,10-12,14-15H2,1-3H3,(H2,24,28)(H,25,29). The van der Waals surface area contributed by atoms with Crippen LogP contribution in [0.5, 0.6) is 0 Å². The first-order valence-corrected chi connectivity index (χ1v) is 10.9. The Hall–Kier alpha value is -2.41. The number of rotatable bonds is 5. The number of likely N-dealkylation sites (tertiary alicyclic amines) is 2. The molecule has 2 heterocycles. The van der Waals surface area contributed by atoms with E-state index in [2.05, 4.69) is 10.2 Å². The molecule has 0 aliphatic carbocycles. The molecule has 2 aliphatic rings. The zero-order valence-electron chi connectivity index (χ0n) is 18.3. The highest BCUT2D eigenvalue weighted by Gasteiger charge is 2.33. The molecule has 0 bridgehead atoms. The van der Waals surface area contributed by atoms with Crippen molar-refractivity contribution in [2.24, 2.45) is 17.1 Å². The van der Waals surface area contributed by atoms with Crippen molar-refractivity contribution in [1.82, 2.24) is 9.80 Å². The number of nitrogens with one attached hydrogen (secondary N) is 1. The SMILES string of the molecule is CC(C)(C)C(=O)N1CCCC(C(=O)Nc2cccc(CN3CCCC3C(N)=O)c2)C1. The van der Waals surface area contributed by atoms with Crippen LogP contribution in [0.1, 0.15) is 52.0 Å². The molecule has 3 N–H and O–H groups in total. The minimum absolute atomic E-state index is 0.0465. The second kappa shape index (κ2) is 9.16. The maximum Gasteiger partial charge on any atom is 0.234 e. The summed E-state index contributed by atoms with van der Waals surface area (Å²) in [6, 6.07) is 7.52. The highest BCUT2D eigenvalue weighted by molar-refractivity contribution is 5.93. The molecule has 1 aromatic rings. The van der Waals surface area contributed by atoms with Crippen LogP contribution in [-0.2, 0) is 20.9 Å². The third kappa shape index (κ3) is 5.39. The zero-order chi connectivity index (χ0) is 21.9. The minimum Gasteiger partial charge on any atom is -0.368 e. The maximum atomic E-state index is 12.9. The lowest BCUT2D eigenvalue weighted by Gasteiger charge is -2.35. The Labute approximate surface area is 179 Å². The van der Waals surface area contributed by atoms with Crippen molar-refractivity contribution in [3.05, 3.63) is 29.8 Å². The predicted octanol–water partition coefficient (Wildman–Crippen LogP) is 2.36. The number of benzene rings is 1. The van der Waals surface area contributed by atoms with Gasteiger partial charge >= 0.3 is 0 Å². The van der Waals surface area contributed by atoms with E-state index in [0.29, 0.717) is 19.6 Å². The van der Waals surface area contributed by atoms with Gasteiger partial charge in [0.15, 0.2) is 0 Å². The highest BCUT2D eigenvalue weighted by atomic mass is 16.2. The summed E-state index contributed by atoms with van der Waals surface area (Å²) in [5, 5.41) is 3.02. The Morgan fingerprint density at radius 3 is 2.57 bits per heavy atom. The van der Waals surface area contributed by atoms with Gasteiger partial charge in [0.05, 0.1) is 12.0 Å². The van der Waals surface area contributed by atoms with Crippen molar-refractivity contribution < 1.29 is 14.4 Å². The van der Waals surface area contributed by atoms with Crippen molar-refractivity contribution >= 4 is 23.4 Å². The van der Waals surface area contributed by atoms with Crippen molar-refractivity contribution in [1.29, 1.82) is 0 Å². The van der Waals surface area contributed by atoms with Crippen LogP contribution in [-0.4, -0.2) is 53.2 Å². The van der Waals surface area contributed by atoms with E-state index >= 15 is 0 Å². The second-order valence-corrected chi connectivity index (χ2v) is 9.56. The van der Waals surface area contributed by atoms with E-state index in [-0.39, 0.29) is 29.7 Å². The van der Waals surface area contributed by atoms with Crippen molar-refractivity contribution in [2.75, 3.05) is 25.0 Å². The second-order valence-electron chi connectivity index (χ2n) is 9.56. The lowest BCUT2D eigenvalue weighted by atomic mass is 9.91. The third-order valence-electron chi connectivity index (χ3n) is 5.99. The molecular formula is C23H34N4O3. The summed E-state index contributed by atoms with van der Waals surface area (Å²) in [7, 11) is 0. The highest BCUT2D eigenvalue weighted by Crippen LogP contribution is 2.25. The number of hydrogen-bond acceptors (Lipinski definition) is 4. The fraction of sp³-hybridized carbons (Fsp3) is 0.609. The van der Waals surface area contributed by atoms with Gasteiger partial charge < -0.3 is 16.0 Å². The van der Waals surface area contributed by atoms with Gasteiger partial charge in [-0.2, -0.15) is 0 Å². The topological polar surface area (TPSA) is 95.7 Å². The van der Waals surface area contributed by atoms with E-state index in [0.717, 1.165) is 43.5 Å². The largest absolute Gasteiger partial charge is 0.368 e. The number of nitrogens with two attached hydrogens (primary N) is 1. The number of hydrogen-bond donors (Lipinski definition) is 2. The fourth-order valence-corrected chi connectivity index (χ4v) is 4.41. The quantitative estimate of drug-likeness (QED) is 0.773. The van der Waals surface area contributed by atoms with Gasteiger partial charge in [-0.15, -0.1) is 0 Å². The van der Waals surface area contributed by atoms with Gasteiger partial charge in [-0.05, 0) is 49.9 Å². The molecule has 2 unspecified atom stereocenters. The molecule has 7 heteroatoms. The van der Waals surface area contributed by atoms with Crippen LogP contribution < -0.4 is 11.1 Å². The maximum absolute atomic E-state index is 12.9. The number of carbonyl (C=O) groups is 3. The molecule has 7 nitrogen and oxygen atoms in total. The summed E-state index contributed by atoms with van der Waals surface area (Å²) in [4.78, 5) is 41.0. The smallest absolute Gasteiger partial charge is 0.234 e. The molecular weight excluding hydrogens is 380 g/mol. The Morgan fingerprint density at radius 1 is 1.13 bits per heavy atom. The van der Waals surface area contributed by atoms with Crippen LogP contribution in [0.4, 0.5) is 5.69 Å². The van der Waals surface area contributed by atoms with Gasteiger partial charge in [0.2, 0.25) is 17.7 Å². The summed E-state index contributed by atoms with van der Waals surface area (Å²) in [6.45, 7) is 8.40. The lowest BCUT2D eigenvalue weighted by Crippen LogP contribution is -2.47. The fourth-order valence-electron chi connectivity index (χ4n) is 4.41. The number of anilines is 1. The molecule has 3 amide bonds. The molecule has 2 aliphatic heterocycles. The van der Waals surface area contributed by atoms with Crippen LogP contribution in [0.3, 0.4) is 0 Å². The summed E-state index contributed by atoms with van der Waals surface area (Å²) < 4.78 is 0. The molecule has 2 atom stereocenters. The summed E-state index contributed by atoms with van der Waals surface area (Å²) in [5.74, 6) is -0.429. The van der Waals surface area contributed by atoms with E-state index in [1.165, 1.54) is 0 Å². The van der Waals surface area contributed by atoms with E-state index in [4.69, 9.17) is 5.73 Å². The minimum atomic E-state index is -0.439. The number of nitrogens with zero attached hydrogens (tertiary/aromatic N) is 2. The normalized spacial score (nSPS) is 22.7. The first-order valence-electron chi connectivity index (χ1n) is 10.9. The molecule has 0 saturated carbocycles. The number of amides is 3. The van der Waals surface area contributed by atoms with Crippen LogP contribution in [0.15, 0.2) is 24.3 Å². The first kappa shape index (κ1) is 22.3. The lowest BCUT2D eigenvalue weighted by molar-refractivity contribution is -0.142. The Kier molecular flexibility index (Phi) is 6.81. The summed E-state index contributed by atoms with van der Waals surface area (Å²) in [6.07, 6.45) is 3.39. The van der Waals surface area contributed by atoms with E-state index in [9.17, 15) is 14.4 Å². The average Bonchev–Trinajstić information content (AvgIpc) is 3.15. The number of carbonyl (C=O) groups excluding carboxylic acids is 3. The summed E-state index contributed by atoms with van der Waals surface area (Å²) in [5.41, 5.74) is 6.85. The zero-order valence-corrected chi connectivity index (χ0v) is 18.3. The monoisotopic (exact) mass is 414 g/mol. The third-order valence-corrected chi connectivity index (χ3v) is 5.99. The van der Waals surface area contributed by atoms with E-state index in [1.807, 2.05) is 49.9 Å². The molecule has 0 aromatic heterocycles. The Morgan fingerprint density at radius 2 is 1.87 bits per heavy atom. The molecule has 164 valence electrons. The van der Waals surface area contributed by atoms with E-state index < -0.39 is 5.41 Å². The number of piperidine rings is 1. The van der Waals surface area contributed by atoms with Crippen molar-refractivity contribution in [3.8, 4) is 0 Å². The molecule has 0 radical (unpaired) electrons. The average molecular weight is 415 g/mol. The van der Waals surface area contributed by atoms with Gasteiger partial charge in [-0.3, -0.25) is 19.3 Å². The Bertz CT molecular complexity index is 802. The van der Waals surface area contributed by atoms with Crippen LogP contribution in [0, 0.1) is 11.3 Å². The van der Waals surface area contributed by atoms with Gasteiger partial charge in [-0.25, -0.2) is 0 Å². The predicted molar refractivity (Wildman–Crippen MR) is 116 cm³/mol. The number of primary amides is 1. The summed E-state index contributed by atoms with van der Waals surface area (Å²) >= 11 is 0. The van der Waals surface area contributed by atoms with E-state index in [1.54, 1.807) is 0 Å². The molecule has 3 rings (SSSR count). The molecule has 30 heavy (non-hydrogen) atoms. The molecule has 2 saturated heterocycles. The van der Waals surface area contributed by atoms with Gasteiger partial charge in [-0.1, -0.05) is 32.9 Å². The van der Waals surface area contributed by atoms with Gasteiger partial charge in [0.1, 0.15) is 0 Å². The Balaban J connectivity index is 1.61. The van der Waals surface area contributed by atoms with Crippen molar-refractivity contribution in [2.45, 2.75) is 59.0 Å². The van der Waals surface area contributed by atoms with Gasteiger partial charge in [0.25, 0.3) is 0 Å². The molecule has 0 spiro atoms. The molecule has 2 fully saturated rings. The van der Waals surface area contributed by atoms with Crippen LogP contribution >= 0.6 is 0 Å². The molecule has 1 aromatic carbocycles. The first-order chi connectivity index (χ1) is 14.1.